The molecule has 1 aromatic carbocycles. The van der Waals surface area contributed by atoms with E-state index in [2.05, 4.69) is 17.4 Å². The largest absolute Gasteiger partial charge is 0.326 e. The number of nitrogens with two attached hydrogens (primary N) is 1. The van der Waals surface area contributed by atoms with Crippen molar-refractivity contribution in [1.82, 2.24) is 5.32 Å². The number of hydrogen-bond acceptors (Lipinski definition) is 4. The highest BCUT2D eigenvalue weighted by atomic mass is 32.2. The molecule has 1 fully saturated rings. The highest BCUT2D eigenvalue weighted by molar-refractivity contribution is 8.00. The molecule has 0 aromatic heterocycles. The van der Waals surface area contributed by atoms with Gasteiger partial charge in [0.15, 0.2) is 0 Å². The second-order valence-electron chi connectivity index (χ2n) is 4.71. The molecule has 0 saturated carbocycles. The van der Waals surface area contributed by atoms with Crippen LogP contribution in [0.15, 0.2) is 23.1 Å². The third-order valence-electron chi connectivity index (χ3n) is 3.54. The zero-order chi connectivity index (χ0) is 12.5. The van der Waals surface area contributed by atoms with E-state index in [1.165, 1.54) is 4.90 Å². The Morgan fingerprint density at radius 1 is 1.50 bits per heavy atom. The van der Waals surface area contributed by atoms with Crippen LogP contribution in [0.3, 0.4) is 0 Å². The standard InChI is InChI=1S/C13H17N3OS/c14-6-9-1-2-12-11(5-9)16(13(17)8-18-12)10-3-4-15-7-10/h1-2,5,10,15H,3-4,6-8,14H2. The lowest BCUT2D eigenvalue weighted by Gasteiger charge is -2.33. The first kappa shape index (κ1) is 12.0. The summed E-state index contributed by atoms with van der Waals surface area (Å²) < 4.78 is 0. The molecule has 1 amide bonds. The Morgan fingerprint density at radius 3 is 3.11 bits per heavy atom. The molecule has 5 heteroatoms. The van der Waals surface area contributed by atoms with Gasteiger partial charge in [-0.25, -0.2) is 0 Å². The van der Waals surface area contributed by atoms with E-state index in [0.717, 1.165) is 30.8 Å². The van der Waals surface area contributed by atoms with Crippen LogP contribution < -0.4 is 16.0 Å². The first-order chi connectivity index (χ1) is 8.79. The van der Waals surface area contributed by atoms with E-state index in [0.29, 0.717) is 18.3 Å². The van der Waals surface area contributed by atoms with Crippen molar-refractivity contribution in [2.75, 3.05) is 23.7 Å². The summed E-state index contributed by atoms with van der Waals surface area (Å²) in [5, 5.41) is 3.32. The predicted octanol–water partition coefficient (Wildman–Crippen LogP) is 0.946. The van der Waals surface area contributed by atoms with Crippen LogP contribution in [0.5, 0.6) is 0 Å². The Morgan fingerprint density at radius 2 is 2.39 bits per heavy atom. The fourth-order valence-electron chi connectivity index (χ4n) is 2.60. The summed E-state index contributed by atoms with van der Waals surface area (Å²) >= 11 is 1.63. The van der Waals surface area contributed by atoms with Crippen molar-refractivity contribution in [2.24, 2.45) is 5.73 Å². The fraction of sp³-hybridized carbons (Fsp3) is 0.462. The molecule has 2 aliphatic heterocycles. The zero-order valence-corrected chi connectivity index (χ0v) is 11.0. The van der Waals surface area contributed by atoms with Crippen LogP contribution >= 0.6 is 11.8 Å². The lowest BCUT2D eigenvalue weighted by molar-refractivity contribution is -0.116. The number of anilines is 1. The van der Waals surface area contributed by atoms with Crippen molar-refractivity contribution >= 4 is 23.4 Å². The molecular weight excluding hydrogens is 246 g/mol. The lowest BCUT2D eigenvalue weighted by Crippen LogP contribution is -2.44. The van der Waals surface area contributed by atoms with Gasteiger partial charge in [0.2, 0.25) is 5.91 Å². The van der Waals surface area contributed by atoms with Gasteiger partial charge in [-0.05, 0) is 30.7 Å². The van der Waals surface area contributed by atoms with Crippen molar-refractivity contribution in [3.63, 3.8) is 0 Å². The molecule has 1 saturated heterocycles. The van der Waals surface area contributed by atoms with Gasteiger partial charge in [0.1, 0.15) is 0 Å². The maximum Gasteiger partial charge on any atom is 0.237 e. The number of nitrogens with one attached hydrogen (secondary N) is 1. The minimum absolute atomic E-state index is 0.218. The minimum Gasteiger partial charge on any atom is -0.326 e. The number of carbonyl (C=O) groups excluding carboxylic acids is 1. The van der Waals surface area contributed by atoms with Gasteiger partial charge in [0, 0.05) is 18.0 Å². The Balaban J connectivity index is 2.00. The van der Waals surface area contributed by atoms with Gasteiger partial charge in [-0.3, -0.25) is 4.79 Å². The van der Waals surface area contributed by atoms with Crippen LogP contribution in [0.2, 0.25) is 0 Å². The first-order valence-corrected chi connectivity index (χ1v) is 7.26. The molecule has 2 heterocycles. The summed E-state index contributed by atoms with van der Waals surface area (Å²) in [6.07, 6.45) is 1.03. The van der Waals surface area contributed by atoms with Crippen molar-refractivity contribution in [3.8, 4) is 0 Å². The van der Waals surface area contributed by atoms with Crippen LogP contribution in [0.25, 0.3) is 0 Å². The molecule has 1 atom stereocenters. The SMILES string of the molecule is NCc1ccc2c(c1)N(C1CCNC1)C(=O)CS2. The third kappa shape index (κ3) is 2.02. The number of amides is 1. The third-order valence-corrected chi connectivity index (χ3v) is 4.59. The Bertz CT molecular complexity index is 471. The minimum atomic E-state index is 0.218. The maximum absolute atomic E-state index is 12.2. The van der Waals surface area contributed by atoms with E-state index in [1.807, 2.05) is 11.0 Å². The fourth-order valence-corrected chi connectivity index (χ4v) is 3.49. The van der Waals surface area contributed by atoms with Crippen molar-refractivity contribution in [2.45, 2.75) is 23.9 Å². The molecule has 0 spiro atoms. The highest BCUT2D eigenvalue weighted by Gasteiger charge is 2.32. The molecule has 0 radical (unpaired) electrons. The lowest BCUT2D eigenvalue weighted by atomic mass is 10.1. The second kappa shape index (κ2) is 4.91. The summed E-state index contributed by atoms with van der Waals surface area (Å²) in [6, 6.07) is 6.50. The van der Waals surface area contributed by atoms with Crippen molar-refractivity contribution < 1.29 is 4.79 Å². The maximum atomic E-state index is 12.2. The number of benzene rings is 1. The topological polar surface area (TPSA) is 58.4 Å². The van der Waals surface area contributed by atoms with Crippen LogP contribution in [0.4, 0.5) is 5.69 Å². The van der Waals surface area contributed by atoms with Gasteiger partial charge >= 0.3 is 0 Å². The van der Waals surface area contributed by atoms with Crippen molar-refractivity contribution in [3.05, 3.63) is 23.8 Å². The molecule has 3 rings (SSSR count). The first-order valence-electron chi connectivity index (χ1n) is 6.28. The van der Waals surface area contributed by atoms with Crippen LogP contribution in [0.1, 0.15) is 12.0 Å². The molecule has 3 N–H and O–H groups in total. The quantitative estimate of drug-likeness (QED) is 0.834. The summed E-state index contributed by atoms with van der Waals surface area (Å²) in [4.78, 5) is 15.4. The number of fused-ring (bicyclic) bond motifs is 1. The molecule has 1 aromatic rings. The van der Waals surface area contributed by atoms with Crippen LogP contribution in [-0.4, -0.2) is 30.8 Å². The number of rotatable bonds is 2. The molecule has 2 aliphatic rings. The average molecular weight is 263 g/mol. The zero-order valence-electron chi connectivity index (χ0n) is 10.2. The number of nitrogens with zero attached hydrogens (tertiary/aromatic N) is 1. The van der Waals surface area contributed by atoms with E-state index in [4.69, 9.17) is 5.73 Å². The van der Waals surface area contributed by atoms with E-state index in [1.54, 1.807) is 11.8 Å². The smallest absolute Gasteiger partial charge is 0.237 e. The van der Waals surface area contributed by atoms with Gasteiger partial charge in [-0.2, -0.15) is 0 Å². The highest BCUT2D eigenvalue weighted by Crippen LogP contribution is 2.37. The van der Waals surface area contributed by atoms with E-state index in [9.17, 15) is 4.79 Å². The Hall–Kier alpha value is -1.04. The molecule has 96 valence electrons. The van der Waals surface area contributed by atoms with Gasteiger partial charge < -0.3 is 16.0 Å². The monoisotopic (exact) mass is 263 g/mol. The summed E-state index contributed by atoms with van der Waals surface area (Å²) in [7, 11) is 0. The van der Waals surface area contributed by atoms with Gasteiger partial charge in [-0.1, -0.05) is 6.07 Å². The molecule has 0 bridgehead atoms. The summed E-state index contributed by atoms with van der Waals surface area (Å²) in [5.41, 5.74) is 7.83. The number of carbonyl (C=O) groups is 1. The Kier molecular flexibility index (Phi) is 3.28. The molecule has 18 heavy (non-hydrogen) atoms. The average Bonchev–Trinajstić information content (AvgIpc) is 2.91. The molecular formula is C13H17N3OS. The van der Waals surface area contributed by atoms with Gasteiger partial charge in [0.05, 0.1) is 17.5 Å². The molecule has 4 nitrogen and oxygen atoms in total. The summed E-state index contributed by atoms with van der Waals surface area (Å²) in [6.45, 7) is 2.40. The molecule has 0 aliphatic carbocycles. The van der Waals surface area contributed by atoms with E-state index in [-0.39, 0.29) is 5.91 Å². The number of hydrogen-bond donors (Lipinski definition) is 2. The van der Waals surface area contributed by atoms with Crippen LogP contribution in [-0.2, 0) is 11.3 Å². The van der Waals surface area contributed by atoms with Crippen molar-refractivity contribution in [1.29, 1.82) is 0 Å². The van der Waals surface area contributed by atoms with Gasteiger partial charge in [0.25, 0.3) is 0 Å². The van der Waals surface area contributed by atoms with E-state index < -0.39 is 0 Å². The number of thioether (sulfide) groups is 1. The van der Waals surface area contributed by atoms with Crippen LogP contribution in [0, 0.1) is 0 Å². The molecule has 1 unspecified atom stereocenters. The second-order valence-corrected chi connectivity index (χ2v) is 5.72. The Labute approximate surface area is 111 Å². The predicted molar refractivity (Wildman–Crippen MR) is 73.8 cm³/mol. The summed E-state index contributed by atoms with van der Waals surface area (Å²) in [5.74, 6) is 0.765. The van der Waals surface area contributed by atoms with Gasteiger partial charge in [-0.15, -0.1) is 11.8 Å². The van der Waals surface area contributed by atoms with E-state index >= 15 is 0 Å². The normalized spacial score (nSPS) is 23.3.